The monoisotopic (exact) mass is 278 g/mol. The molecular weight excluding hydrogens is 256 g/mol. The number of nitrogens with zero attached hydrogens (tertiary/aromatic N) is 1. The molecule has 1 aliphatic rings. The third kappa shape index (κ3) is 2.97. The van der Waals surface area contributed by atoms with Gasteiger partial charge < -0.3 is 0 Å². The molecule has 0 aliphatic carbocycles. The van der Waals surface area contributed by atoms with Crippen LogP contribution in [0.25, 0.3) is 0 Å². The first kappa shape index (κ1) is 13.2. The fourth-order valence-corrected chi connectivity index (χ4v) is 18.5. The van der Waals surface area contributed by atoms with Crippen LogP contribution in [0.15, 0.2) is 30.3 Å². The third-order valence-electron chi connectivity index (χ3n) is 3.65. The Bertz CT molecular complexity index is 363. The molecule has 92 valence electrons. The number of benzene rings is 1. The number of hydrogen-bond donors (Lipinski definition) is 1. The van der Waals surface area contributed by atoms with Crippen LogP contribution in [0, 0.1) is 0 Å². The highest BCUT2D eigenvalue weighted by atomic mass is 28.4. The van der Waals surface area contributed by atoms with Gasteiger partial charge in [0.05, 0.1) is 0 Å². The Kier molecular flexibility index (Phi) is 3.74. The fraction of sp³-hybridized carbons (Fsp3) is 0.500. The second-order valence-corrected chi connectivity index (χ2v) is 16.7. The van der Waals surface area contributed by atoms with Crippen LogP contribution < -0.4 is 10.3 Å². The Morgan fingerprint density at radius 2 is 1.53 bits per heavy atom. The summed E-state index contributed by atoms with van der Waals surface area (Å²) in [5.41, 5.74) is 0. The molecule has 2 nitrogen and oxygen atoms in total. The predicted molar refractivity (Wildman–Crippen MR) is 81.4 cm³/mol. The number of nitrogens with one attached hydrogen (secondary N) is 1. The van der Waals surface area contributed by atoms with Crippen LogP contribution in [0.3, 0.4) is 0 Å². The maximum Gasteiger partial charge on any atom is 0.195 e. The lowest BCUT2D eigenvalue weighted by Gasteiger charge is -2.39. The standard InChI is InChI=1S/C12H22N2Si3/c1-16(2)10-11-17(3,4)14(16)13-15-12-8-6-5-7-9-12/h5-9,13H,10-11H2,1-4H3. The first-order valence-electron chi connectivity index (χ1n) is 6.29. The number of hydrazine groups is 1. The van der Waals surface area contributed by atoms with Crippen molar-refractivity contribution in [1.29, 1.82) is 0 Å². The van der Waals surface area contributed by atoms with Gasteiger partial charge in [-0.2, -0.15) is 0 Å². The second-order valence-electron chi connectivity index (χ2n) is 6.06. The predicted octanol–water partition coefficient (Wildman–Crippen LogP) is 2.16. The molecule has 1 aliphatic heterocycles. The SMILES string of the molecule is C[Si]1(C)CC[Si](C)(C)N1N[Si]c1ccccc1. The average molecular weight is 279 g/mol. The molecule has 0 aromatic heterocycles. The summed E-state index contributed by atoms with van der Waals surface area (Å²) in [5, 5.41) is 5.17. The summed E-state index contributed by atoms with van der Waals surface area (Å²) in [4.78, 5) is 0. The molecule has 0 spiro atoms. The molecule has 1 aromatic rings. The molecule has 0 amide bonds. The molecule has 0 saturated carbocycles. The Labute approximate surface area is 109 Å². The lowest BCUT2D eigenvalue weighted by Crippen LogP contribution is -2.63. The van der Waals surface area contributed by atoms with Crippen molar-refractivity contribution >= 4 is 31.3 Å². The quantitative estimate of drug-likeness (QED) is 0.853. The van der Waals surface area contributed by atoms with Crippen LogP contribution in [0.4, 0.5) is 0 Å². The first-order chi connectivity index (χ1) is 7.92. The van der Waals surface area contributed by atoms with E-state index in [-0.39, 0.29) is 0 Å². The molecule has 17 heavy (non-hydrogen) atoms. The molecule has 2 radical (unpaired) electrons. The van der Waals surface area contributed by atoms with Crippen LogP contribution in [-0.2, 0) is 0 Å². The van der Waals surface area contributed by atoms with Crippen LogP contribution >= 0.6 is 0 Å². The van der Waals surface area contributed by atoms with Crippen LogP contribution in [0.2, 0.25) is 38.3 Å². The molecule has 0 bridgehead atoms. The van der Waals surface area contributed by atoms with Gasteiger partial charge in [0.1, 0.15) is 16.5 Å². The van der Waals surface area contributed by atoms with E-state index in [0.29, 0.717) is 0 Å². The van der Waals surface area contributed by atoms with E-state index in [1.807, 2.05) is 0 Å². The van der Waals surface area contributed by atoms with Crippen LogP contribution in [-0.4, -0.2) is 30.5 Å². The van der Waals surface area contributed by atoms with Gasteiger partial charge in [-0.05, 0) is 17.3 Å². The maximum absolute atomic E-state index is 3.76. The highest BCUT2D eigenvalue weighted by Crippen LogP contribution is 2.34. The molecule has 1 heterocycles. The summed E-state index contributed by atoms with van der Waals surface area (Å²) in [6.45, 7) is 9.99. The summed E-state index contributed by atoms with van der Waals surface area (Å²) in [5.74, 6) is 0. The third-order valence-corrected chi connectivity index (χ3v) is 14.8. The summed E-state index contributed by atoms with van der Waals surface area (Å²) in [6.07, 6.45) is 0. The number of rotatable bonds is 3. The molecule has 2 rings (SSSR count). The topological polar surface area (TPSA) is 15.3 Å². The van der Waals surface area contributed by atoms with Crippen molar-refractivity contribution in [3.05, 3.63) is 30.3 Å². The van der Waals surface area contributed by atoms with Gasteiger partial charge in [-0.25, -0.2) is 0 Å². The zero-order valence-corrected chi connectivity index (χ0v) is 14.2. The van der Waals surface area contributed by atoms with Gasteiger partial charge in [0, 0.05) is 0 Å². The van der Waals surface area contributed by atoms with Gasteiger partial charge in [0.2, 0.25) is 0 Å². The minimum Gasteiger partial charge on any atom is -0.292 e. The van der Waals surface area contributed by atoms with Crippen LogP contribution in [0.5, 0.6) is 0 Å². The van der Waals surface area contributed by atoms with Gasteiger partial charge in [0.15, 0.2) is 9.68 Å². The molecule has 1 saturated heterocycles. The first-order valence-corrected chi connectivity index (χ1v) is 13.6. The highest BCUT2D eigenvalue weighted by Gasteiger charge is 2.47. The van der Waals surface area contributed by atoms with E-state index < -0.39 is 16.5 Å². The van der Waals surface area contributed by atoms with Gasteiger partial charge in [-0.15, -0.1) is 0 Å². The van der Waals surface area contributed by atoms with E-state index in [4.69, 9.17) is 0 Å². The normalized spacial score (nSPS) is 22.8. The molecule has 1 N–H and O–H groups in total. The van der Waals surface area contributed by atoms with E-state index in [1.54, 1.807) is 0 Å². The Hall–Kier alpha value is -0.209. The van der Waals surface area contributed by atoms with E-state index in [2.05, 4.69) is 66.0 Å². The highest BCUT2D eigenvalue weighted by molar-refractivity contribution is 6.95. The van der Waals surface area contributed by atoms with E-state index in [0.717, 1.165) is 9.68 Å². The number of hydrogen-bond acceptors (Lipinski definition) is 2. The van der Waals surface area contributed by atoms with E-state index in [1.165, 1.54) is 17.3 Å². The molecule has 0 unspecified atom stereocenters. The van der Waals surface area contributed by atoms with Crippen molar-refractivity contribution in [2.45, 2.75) is 38.3 Å². The van der Waals surface area contributed by atoms with Gasteiger partial charge >= 0.3 is 0 Å². The summed E-state index contributed by atoms with van der Waals surface area (Å²) >= 11 is 0. The smallest absolute Gasteiger partial charge is 0.195 e. The van der Waals surface area contributed by atoms with Crippen molar-refractivity contribution < 1.29 is 0 Å². The van der Waals surface area contributed by atoms with E-state index >= 15 is 0 Å². The second kappa shape index (κ2) is 4.81. The average Bonchev–Trinajstić information content (AvgIpc) is 2.48. The summed E-state index contributed by atoms with van der Waals surface area (Å²) in [6, 6.07) is 13.7. The molecule has 5 heteroatoms. The zero-order valence-electron chi connectivity index (χ0n) is 11.2. The largest absolute Gasteiger partial charge is 0.292 e. The van der Waals surface area contributed by atoms with Gasteiger partial charge in [-0.1, -0.05) is 56.5 Å². The van der Waals surface area contributed by atoms with Crippen molar-refractivity contribution in [3.63, 3.8) is 0 Å². The Balaban J connectivity index is 2.03. The Morgan fingerprint density at radius 3 is 2.06 bits per heavy atom. The van der Waals surface area contributed by atoms with Gasteiger partial charge in [0.25, 0.3) is 0 Å². The molecular formula is C12H22N2Si3. The summed E-state index contributed by atoms with van der Waals surface area (Å²) in [7, 11) is -1.62. The molecule has 0 atom stereocenters. The fourth-order valence-electron chi connectivity index (χ4n) is 2.60. The molecule has 1 fully saturated rings. The van der Waals surface area contributed by atoms with Crippen molar-refractivity contribution in [1.82, 2.24) is 9.43 Å². The van der Waals surface area contributed by atoms with Crippen molar-refractivity contribution in [2.75, 3.05) is 0 Å². The maximum atomic E-state index is 3.76. The minimum absolute atomic E-state index is 0.717. The van der Waals surface area contributed by atoms with Gasteiger partial charge in [-0.3, -0.25) is 9.43 Å². The minimum atomic E-state index is -1.17. The lowest BCUT2D eigenvalue weighted by atomic mass is 10.4. The summed E-state index contributed by atoms with van der Waals surface area (Å²) < 4.78 is 2.73. The molecule has 1 aromatic carbocycles. The zero-order chi connectivity index (χ0) is 12.5. The van der Waals surface area contributed by atoms with E-state index in [9.17, 15) is 0 Å². The Morgan fingerprint density at radius 1 is 1.00 bits per heavy atom. The van der Waals surface area contributed by atoms with Crippen LogP contribution in [0.1, 0.15) is 0 Å². The van der Waals surface area contributed by atoms with Crippen molar-refractivity contribution in [2.24, 2.45) is 0 Å². The van der Waals surface area contributed by atoms with Crippen molar-refractivity contribution in [3.8, 4) is 0 Å². The lowest BCUT2D eigenvalue weighted by molar-refractivity contribution is 0.595.